The van der Waals surface area contributed by atoms with E-state index in [-0.39, 0.29) is 5.56 Å². The first kappa shape index (κ1) is 14.8. The van der Waals surface area contributed by atoms with Gasteiger partial charge >= 0.3 is 5.97 Å². The first-order valence-electron chi connectivity index (χ1n) is 5.67. The number of hydrogen-bond donors (Lipinski definition) is 1. The Morgan fingerprint density at radius 3 is 1.95 bits per heavy atom. The van der Waals surface area contributed by atoms with Gasteiger partial charge in [-0.1, -0.05) is 0 Å². The summed E-state index contributed by atoms with van der Waals surface area (Å²) in [6, 6.07) is 3.72. The van der Waals surface area contributed by atoms with Gasteiger partial charge in [-0.3, -0.25) is 0 Å². The highest BCUT2D eigenvalue weighted by atomic mass is 19.1. The second-order valence-corrected chi connectivity index (χ2v) is 4.14. The molecule has 0 bridgehead atoms. The minimum atomic E-state index is -1.49. The van der Waals surface area contributed by atoms with Crippen molar-refractivity contribution in [1.82, 2.24) is 0 Å². The van der Waals surface area contributed by atoms with Crippen LogP contribution in [0, 0.1) is 23.3 Å². The van der Waals surface area contributed by atoms with Gasteiger partial charge in [0.15, 0.2) is 17.4 Å². The lowest BCUT2D eigenvalue weighted by atomic mass is 10.2. The molecule has 0 heterocycles. The van der Waals surface area contributed by atoms with Crippen LogP contribution in [0.3, 0.4) is 0 Å². The molecule has 0 aliphatic heterocycles. The molecular weight excluding hydrogens is 292 g/mol. The Morgan fingerprint density at radius 1 is 0.952 bits per heavy atom. The number of ether oxygens (including phenoxy) is 1. The molecule has 110 valence electrons. The molecule has 0 spiro atoms. The van der Waals surface area contributed by atoms with Gasteiger partial charge in [0.25, 0.3) is 0 Å². The van der Waals surface area contributed by atoms with Crippen LogP contribution in [0.15, 0.2) is 30.3 Å². The molecule has 0 aliphatic carbocycles. The van der Waals surface area contributed by atoms with Crippen LogP contribution in [0.25, 0.3) is 0 Å². The second-order valence-electron chi connectivity index (χ2n) is 4.14. The fourth-order valence-corrected chi connectivity index (χ4v) is 1.67. The lowest BCUT2D eigenvalue weighted by molar-refractivity contribution is 0.0695. The summed E-state index contributed by atoms with van der Waals surface area (Å²) in [4.78, 5) is 10.6. The molecule has 2 aromatic rings. The zero-order chi connectivity index (χ0) is 15.6. The maximum Gasteiger partial charge on any atom is 0.335 e. The first-order valence-corrected chi connectivity index (χ1v) is 5.67. The van der Waals surface area contributed by atoms with E-state index in [9.17, 15) is 22.4 Å². The van der Waals surface area contributed by atoms with Crippen molar-refractivity contribution in [3.63, 3.8) is 0 Å². The van der Waals surface area contributed by atoms with Gasteiger partial charge in [0.1, 0.15) is 18.2 Å². The number of carbonyl (C=O) groups is 1. The molecule has 0 radical (unpaired) electrons. The van der Waals surface area contributed by atoms with Crippen molar-refractivity contribution in [2.75, 3.05) is 0 Å². The Bertz CT molecular complexity index is 657. The van der Waals surface area contributed by atoms with Gasteiger partial charge in [-0.25, -0.2) is 22.4 Å². The zero-order valence-corrected chi connectivity index (χ0v) is 10.4. The monoisotopic (exact) mass is 300 g/mol. The third-order valence-corrected chi connectivity index (χ3v) is 2.55. The minimum Gasteiger partial charge on any atom is -0.483 e. The second kappa shape index (κ2) is 5.82. The van der Waals surface area contributed by atoms with Crippen molar-refractivity contribution < 1.29 is 32.2 Å². The molecule has 2 rings (SSSR count). The third-order valence-electron chi connectivity index (χ3n) is 2.55. The summed E-state index contributed by atoms with van der Waals surface area (Å²) in [5.41, 5.74) is -0.539. The van der Waals surface area contributed by atoms with Gasteiger partial charge in [-0.15, -0.1) is 0 Å². The van der Waals surface area contributed by atoms with E-state index in [2.05, 4.69) is 0 Å². The van der Waals surface area contributed by atoms with Crippen molar-refractivity contribution in [1.29, 1.82) is 0 Å². The molecule has 2 aromatic carbocycles. The summed E-state index contributed by atoms with van der Waals surface area (Å²) < 4.78 is 57.8. The molecule has 0 amide bonds. The zero-order valence-electron chi connectivity index (χ0n) is 10.4. The van der Waals surface area contributed by atoms with E-state index < -0.39 is 47.2 Å². The van der Waals surface area contributed by atoms with E-state index in [1.807, 2.05) is 0 Å². The summed E-state index contributed by atoms with van der Waals surface area (Å²) in [6.45, 7) is -0.477. The molecule has 3 nitrogen and oxygen atoms in total. The Kier molecular flexibility index (Phi) is 4.11. The Hall–Kier alpha value is -2.57. The van der Waals surface area contributed by atoms with Crippen molar-refractivity contribution in [2.45, 2.75) is 6.61 Å². The lowest BCUT2D eigenvalue weighted by Crippen LogP contribution is -2.04. The van der Waals surface area contributed by atoms with Crippen molar-refractivity contribution in [3.8, 4) is 5.75 Å². The average molecular weight is 300 g/mol. The summed E-state index contributed by atoms with van der Waals surface area (Å²) in [6.07, 6.45) is 0. The highest BCUT2D eigenvalue weighted by Gasteiger charge is 2.16. The van der Waals surface area contributed by atoms with Crippen molar-refractivity contribution in [2.24, 2.45) is 0 Å². The number of rotatable bonds is 4. The van der Waals surface area contributed by atoms with Crippen LogP contribution in [0.2, 0.25) is 0 Å². The van der Waals surface area contributed by atoms with Gasteiger partial charge in [0.2, 0.25) is 0 Å². The van der Waals surface area contributed by atoms with Gasteiger partial charge in [-0.05, 0) is 29.8 Å². The van der Waals surface area contributed by atoms with Gasteiger partial charge in [0.05, 0.1) is 5.56 Å². The molecule has 7 heteroatoms. The topological polar surface area (TPSA) is 46.5 Å². The van der Waals surface area contributed by atoms with E-state index in [0.717, 1.165) is 12.1 Å². The molecule has 0 unspecified atom stereocenters. The van der Waals surface area contributed by atoms with Crippen molar-refractivity contribution >= 4 is 5.97 Å². The smallest absolute Gasteiger partial charge is 0.335 e. The third kappa shape index (κ3) is 3.50. The predicted octanol–water partition coefficient (Wildman–Crippen LogP) is 3.52. The largest absolute Gasteiger partial charge is 0.483 e. The highest BCUT2D eigenvalue weighted by Crippen LogP contribution is 2.24. The molecule has 0 saturated carbocycles. The summed E-state index contributed by atoms with van der Waals surface area (Å²) in [5.74, 6) is -6.45. The average Bonchev–Trinajstić information content (AvgIpc) is 2.36. The summed E-state index contributed by atoms with van der Waals surface area (Å²) in [5, 5.41) is 8.64. The van der Waals surface area contributed by atoms with Crippen LogP contribution in [0.1, 0.15) is 15.9 Å². The van der Waals surface area contributed by atoms with Gasteiger partial charge in [-0.2, -0.15) is 0 Å². The normalized spacial score (nSPS) is 10.5. The molecule has 0 fully saturated rings. The summed E-state index contributed by atoms with van der Waals surface area (Å²) >= 11 is 0. The lowest BCUT2D eigenvalue weighted by Gasteiger charge is -2.09. The quantitative estimate of drug-likeness (QED) is 0.879. The van der Waals surface area contributed by atoms with E-state index in [1.54, 1.807) is 0 Å². The van der Waals surface area contributed by atoms with E-state index in [0.29, 0.717) is 18.2 Å². The first-order chi connectivity index (χ1) is 9.86. The number of carboxylic acid groups (broad SMARTS) is 1. The molecule has 0 atom stereocenters. The van der Waals surface area contributed by atoms with Gasteiger partial charge in [0, 0.05) is 6.07 Å². The molecule has 1 N–H and O–H groups in total. The van der Waals surface area contributed by atoms with Crippen LogP contribution >= 0.6 is 0 Å². The Balaban J connectivity index is 2.22. The van der Waals surface area contributed by atoms with Crippen LogP contribution in [-0.4, -0.2) is 11.1 Å². The molecular formula is C14H8F4O3. The maximum atomic E-state index is 13.6. The molecule has 0 aliphatic rings. The maximum absolute atomic E-state index is 13.6. The van der Waals surface area contributed by atoms with Crippen LogP contribution in [-0.2, 0) is 6.61 Å². The number of aromatic carboxylic acids is 1. The molecule has 0 aromatic heterocycles. The highest BCUT2D eigenvalue weighted by molar-refractivity contribution is 5.87. The van der Waals surface area contributed by atoms with Crippen LogP contribution < -0.4 is 4.74 Å². The number of hydrogen-bond acceptors (Lipinski definition) is 2. The standard InChI is InChI=1S/C14H8F4O3/c15-9-1-7(2-10(16)5-9)6-21-13-11(17)3-8(14(19)20)4-12(13)18/h1-5H,6H2,(H,19,20). The summed E-state index contributed by atoms with van der Waals surface area (Å²) in [7, 11) is 0. The number of carboxylic acids is 1. The molecule has 21 heavy (non-hydrogen) atoms. The Labute approximate surface area is 116 Å². The van der Waals surface area contributed by atoms with Crippen LogP contribution in [0.5, 0.6) is 5.75 Å². The molecule has 0 saturated heterocycles. The predicted molar refractivity (Wildman–Crippen MR) is 64.0 cm³/mol. The Morgan fingerprint density at radius 2 is 1.48 bits per heavy atom. The number of benzene rings is 2. The number of halogens is 4. The fraction of sp³-hybridized carbons (Fsp3) is 0.0714. The SMILES string of the molecule is O=C(O)c1cc(F)c(OCc2cc(F)cc(F)c2)c(F)c1. The van der Waals surface area contributed by atoms with Gasteiger partial charge < -0.3 is 9.84 Å². The van der Waals surface area contributed by atoms with Crippen molar-refractivity contribution in [3.05, 3.63) is 64.7 Å². The van der Waals surface area contributed by atoms with Crippen LogP contribution in [0.4, 0.5) is 17.6 Å². The minimum absolute atomic E-state index is 0.0358. The van der Waals surface area contributed by atoms with E-state index in [4.69, 9.17) is 9.84 Å². The fourth-order valence-electron chi connectivity index (χ4n) is 1.67. The van der Waals surface area contributed by atoms with E-state index in [1.165, 1.54) is 0 Å². The van der Waals surface area contributed by atoms with E-state index >= 15 is 0 Å².